The molecule has 34 heavy (non-hydrogen) atoms. The van der Waals surface area contributed by atoms with Gasteiger partial charge in [0.1, 0.15) is 5.75 Å². The van der Waals surface area contributed by atoms with E-state index in [2.05, 4.69) is 52.1 Å². The summed E-state index contributed by atoms with van der Waals surface area (Å²) in [4.78, 5) is 12.5. The summed E-state index contributed by atoms with van der Waals surface area (Å²) in [6.07, 6.45) is 1.10. The summed E-state index contributed by atoms with van der Waals surface area (Å²) in [5.74, 6) is 1.46. The largest absolute Gasteiger partial charge is 0.497 e. The lowest BCUT2D eigenvalue weighted by atomic mass is 10.2. The van der Waals surface area contributed by atoms with Gasteiger partial charge in [-0.3, -0.25) is 14.5 Å². The van der Waals surface area contributed by atoms with Crippen molar-refractivity contribution in [2.45, 2.75) is 33.2 Å². The number of aryl methyl sites for hydroxylation is 1. The molecule has 2 heterocycles. The Morgan fingerprint density at radius 2 is 1.85 bits per heavy atom. The molecule has 0 bridgehead atoms. The maximum absolute atomic E-state index is 12.5. The first-order valence-corrected chi connectivity index (χ1v) is 11.7. The van der Waals surface area contributed by atoms with E-state index in [1.165, 1.54) is 17.0 Å². The van der Waals surface area contributed by atoms with E-state index in [1.807, 2.05) is 47.0 Å². The Balaban J connectivity index is 1.34. The van der Waals surface area contributed by atoms with Crippen LogP contribution >= 0.6 is 12.2 Å². The van der Waals surface area contributed by atoms with Gasteiger partial charge in [0.15, 0.2) is 10.6 Å². The first-order chi connectivity index (χ1) is 16.5. The number of para-hydroxylation sites is 1. The molecule has 2 N–H and O–H groups in total. The minimum absolute atomic E-state index is 0.0133. The number of methoxy groups -OCH3 is 1. The number of rotatable bonds is 9. The summed E-state index contributed by atoms with van der Waals surface area (Å²) < 4.78 is 9.81. The lowest BCUT2D eigenvalue weighted by Gasteiger charge is -2.10. The minimum Gasteiger partial charge on any atom is -0.497 e. The number of hydrogen-bond donors (Lipinski definition) is 2. The van der Waals surface area contributed by atoms with Gasteiger partial charge in [-0.25, -0.2) is 0 Å². The number of nitrogens with one attached hydrogen (secondary N) is 2. The van der Waals surface area contributed by atoms with E-state index in [0.29, 0.717) is 30.1 Å². The lowest BCUT2D eigenvalue weighted by molar-refractivity contribution is -0.121. The number of H-pyrrole nitrogens is 1. The summed E-state index contributed by atoms with van der Waals surface area (Å²) in [6, 6.07) is 20.1. The number of benzene rings is 2. The molecule has 0 aliphatic heterocycles. The zero-order valence-corrected chi connectivity index (χ0v) is 20.5. The molecule has 7 nitrogen and oxygen atoms in total. The van der Waals surface area contributed by atoms with Crippen molar-refractivity contribution in [3.05, 3.63) is 82.4 Å². The molecule has 2 aromatic heterocycles. The van der Waals surface area contributed by atoms with Gasteiger partial charge in [0, 0.05) is 42.1 Å². The maximum Gasteiger partial charge on any atom is 0.221 e. The van der Waals surface area contributed by atoms with E-state index >= 15 is 0 Å². The standard InChI is InChI=1S/C26H29N5O2S/c1-18-17-21(19(2)31(18)22-7-5-4-6-8-22)13-15-27-24(32)14-16-30-25(28-29-26(30)34)20-9-11-23(33-3)12-10-20/h4-12,17H,13-16H2,1-3H3,(H,27,32)(H,29,34). The topological polar surface area (TPSA) is 76.9 Å². The normalized spacial score (nSPS) is 10.9. The Labute approximate surface area is 204 Å². The molecule has 2 aromatic carbocycles. The number of ether oxygens (including phenoxy) is 1. The molecule has 0 fully saturated rings. The molecule has 1 amide bonds. The van der Waals surface area contributed by atoms with Crippen molar-refractivity contribution >= 4 is 18.1 Å². The predicted molar refractivity (Wildman–Crippen MR) is 136 cm³/mol. The molecule has 0 radical (unpaired) electrons. The summed E-state index contributed by atoms with van der Waals surface area (Å²) in [5.41, 5.74) is 5.68. The van der Waals surface area contributed by atoms with Gasteiger partial charge in [-0.05, 0) is 80.5 Å². The first kappa shape index (κ1) is 23.5. The lowest BCUT2D eigenvalue weighted by Crippen LogP contribution is -2.26. The SMILES string of the molecule is COc1ccc(-c2n[nH]c(=S)n2CCC(=O)NCCc2cc(C)n(-c3ccccc3)c2C)cc1. The molecular formula is C26H29N5O2S. The maximum atomic E-state index is 12.5. The number of hydrogen-bond acceptors (Lipinski definition) is 4. The van der Waals surface area contributed by atoms with Crippen LogP contribution in [0.5, 0.6) is 5.75 Å². The third-order valence-electron chi connectivity index (χ3n) is 5.94. The molecule has 0 saturated carbocycles. The highest BCUT2D eigenvalue weighted by molar-refractivity contribution is 7.71. The van der Waals surface area contributed by atoms with Crippen LogP contribution in [-0.4, -0.2) is 38.9 Å². The molecule has 0 unspecified atom stereocenters. The van der Waals surface area contributed by atoms with Crippen molar-refractivity contribution in [3.8, 4) is 22.8 Å². The van der Waals surface area contributed by atoms with Gasteiger partial charge in [-0.2, -0.15) is 5.10 Å². The molecular weight excluding hydrogens is 446 g/mol. The Bertz CT molecular complexity index is 1320. The number of aromatic amines is 1. The zero-order valence-electron chi connectivity index (χ0n) is 19.7. The molecule has 4 aromatic rings. The van der Waals surface area contributed by atoms with Crippen LogP contribution < -0.4 is 10.1 Å². The molecule has 0 aliphatic rings. The molecule has 8 heteroatoms. The molecule has 0 saturated heterocycles. The summed E-state index contributed by atoms with van der Waals surface area (Å²) >= 11 is 5.38. The van der Waals surface area contributed by atoms with Crippen molar-refractivity contribution in [2.75, 3.05) is 13.7 Å². The van der Waals surface area contributed by atoms with Crippen molar-refractivity contribution in [1.82, 2.24) is 24.6 Å². The van der Waals surface area contributed by atoms with Crippen LogP contribution in [0.15, 0.2) is 60.7 Å². The van der Waals surface area contributed by atoms with Crippen LogP contribution in [0.2, 0.25) is 0 Å². The monoisotopic (exact) mass is 475 g/mol. The highest BCUT2D eigenvalue weighted by Gasteiger charge is 2.13. The van der Waals surface area contributed by atoms with Crippen LogP contribution in [0.4, 0.5) is 0 Å². The van der Waals surface area contributed by atoms with E-state index < -0.39 is 0 Å². The Hall–Kier alpha value is -3.65. The second-order valence-corrected chi connectivity index (χ2v) is 8.54. The van der Waals surface area contributed by atoms with Crippen LogP contribution in [0.25, 0.3) is 17.1 Å². The second kappa shape index (κ2) is 10.5. The minimum atomic E-state index is -0.0133. The average Bonchev–Trinajstić information content (AvgIpc) is 3.36. The molecule has 0 spiro atoms. The number of nitrogens with zero attached hydrogens (tertiary/aromatic N) is 3. The molecule has 0 atom stereocenters. The van der Waals surface area contributed by atoms with E-state index in [4.69, 9.17) is 17.0 Å². The Morgan fingerprint density at radius 3 is 2.56 bits per heavy atom. The van der Waals surface area contributed by atoms with Crippen molar-refractivity contribution in [1.29, 1.82) is 0 Å². The van der Waals surface area contributed by atoms with E-state index in [1.54, 1.807) is 7.11 Å². The zero-order chi connectivity index (χ0) is 24.1. The van der Waals surface area contributed by atoms with Crippen LogP contribution in [0, 0.1) is 18.6 Å². The van der Waals surface area contributed by atoms with Crippen LogP contribution in [-0.2, 0) is 17.8 Å². The van der Waals surface area contributed by atoms with E-state index in [0.717, 1.165) is 23.4 Å². The van der Waals surface area contributed by atoms with Gasteiger partial charge in [0.25, 0.3) is 0 Å². The fourth-order valence-corrected chi connectivity index (χ4v) is 4.40. The molecule has 0 aliphatic carbocycles. The number of amides is 1. The number of carbonyl (C=O) groups excluding carboxylic acids is 1. The van der Waals surface area contributed by atoms with Gasteiger partial charge < -0.3 is 14.6 Å². The van der Waals surface area contributed by atoms with Gasteiger partial charge in [0.2, 0.25) is 5.91 Å². The Kier molecular flexibility index (Phi) is 7.27. The van der Waals surface area contributed by atoms with Crippen LogP contribution in [0.1, 0.15) is 23.4 Å². The number of carbonyl (C=O) groups is 1. The van der Waals surface area contributed by atoms with E-state index in [9.17, 15) is 4.79 Å². The van der Waals surface area contributed by atoms with Gasteiger partial charge in [-0.15, -0.1) is 0 Å². The fraction of sp³-hybridized carbons (Fsp3) is 0.269. The van der Waals surface area contributed by atoms with Gasteiger partial charge in [-0.1, -0.05) is 18.2 Å². The van der Waals surface area contributed by atoms with Crippen LogP contribution in [0.3, 0.4) is 0 Å². The third kappa shape index (κ3) is 5.12. The molecule has 176 valence electrons. The quantitative estimate of drug-likeness (QED) is 0.342. The highest BCUT2D eigenvalue weighted by atomic mass is 32.1. The van der Waals surface area contributed by atoms with Gasteiger partial charge in [0.05, 0.1) is 7.11 Å². The first-order valence-electron chi connectivity index (χ1n) is 11.3. The summed E-state index contributed by atoms with van der Waals surface area (Å²) in [7, 11) is 1.63. The smallest absolute Gasteiger partial charge is 0.221 e. The van der Waals surface area contributed by atoms with Crippen molar-refractivity contribution in [3.63, 3.8) is 0 Å². The highest BCUT2D eigenvalue weighted by Crippen LogP contribution is 2.22. The molecule has 4 rings (SSSR count). The van der Waals surface area contributed by atoms with E-state index in [-0.39, 0.29) is 5.91 Å². The predicted octanol–water partition coefficient (Wildman–Crippen LogP) is 4.77. The van der Waals surface area contributed by atoms with Gasteiger partial charge >= 0.3 is 0 Å². The Morgan fingerprint density at radius 1 is 1.12 bits per heavy atom. The number of aromatic nitrogens is 4. The average molecular weight is 476 g/mol. The third-order valence-corrected chi connectivity index (χ3v) is 6.25. The fourth-order valence-electron chi connectivity index (χ4n) is 4.18. The second-order valence-electron chi connectivity index (χ2n) is 8.15. The van der Waals surface area contributed by atoms with Crippen molar-refractivity contribution < 1.29 is 9.53 Å². The summed E-state index contributed by atoms with van der Waals surface area (Å²) in [5, 5.41) is 10.2. The van der Waals surface area contributed by atoms with Crippen molar-refractivity contribution in [2.24, 2.45) is 0 Å². The summed E-state index contributed by atoms with van der Waals surface area (Å²) in [6.45, 7) is 5.26.